The molecular formula is C13H27N3O2. The zero-order valence-corrected chi connectivity index (χ0v) is 12.4. The van der Waals surface area contributed by atoms with Crippen molar-refractivity contribution in [3.05, 3.63) is 0 Å². The van der Waals surface area contributed by atoms with Gasteiger partial charge in [-0.25, -0.2) is 0 Å². The minimum Gasteiger partial charge on any atom is -0.346 e. The van der Waals surface area contributed by atoms with E-state index >= 15 is 0 Å². The Bertz CT molecular complexity index is 301. The molecule has 0 spiro atoms. The van der Waals surface area contributed by atoms with Gasteiger partial charge in [-0.2, -0.15) is 0 Å². The average Bonchev–Trinajstić information content (AvgIpc) is 2.33. The van der Waals surface area contributed by atoms with Crippen molar-refractivity contribution in [3.8, 4) is 0 Å². The number of nitrogens with one attached hydrogen (secondary N) is 1. The molecule has 0 aromatic carbocycles. The van der Waals surface area contributed by atoms with Crippen LogP contribution in [0.3, 0.4) is 0 Å². The number of rotatable bonds is 6. The Morgan fingerprint density at radius 3 is 2.22 bits per heavy atom. The molecule has 18 heavy (non-hydrogen) atoms. The lowest BCUT2D eigenvalue weighted by Crippen LogP contribution is -2.51. The third-order valence-electron chi connectivity index (χ3n) is 3.58. The maximum absolute atomic E-state index is 11.9. The number of hydrogen-bond donors (Lipinski definition) is 2. The molecular weight excluding hydrogens is 230 g/mol. The van der Waals surface area contributed by atoms with Crippen molar-refractivity contribution < 1.29 is 9.59 Å². The minimum atomic E-state index is -0.567. The van der Waals surface area contributed by atoms with Crippen LogP contribution in [-0.2, 0) is 9.59 Å². The van der Waals surface area contributed by atoms with Gasteiger partial charge >= 0.3 is 0 Å². The van der Waals surface area contributed by atoms with Gasteiger partial charge in [0.25, 0.3) is 0 Å². The molecule has 2 amide bonds. The molecule has 0 aromatic rings. The van der Waals surface area contributed by atoms with Crippen molar-refractivity contribution in [2.75, 3.05) is 13.6 Å². The second-order valence-electron chi connectivity index (χ2n) is 5.61. The summed E-state index contributed by atoms with van der Waals surface area (Å²) in [6.07, 6.45) is 0.856. The van der Waals surface area contributed by atoms with Crippen molar-refractivity contribution in [1.29, 1.82) is 0 Å². The largest absolute Gasteiger partial charge is 0.346 e. The highest BCUT2D eigenvalue weighted by molar-refractivity contribution is 5.87. The Morgan fingerprint density at radius 2 is 1.83 bits per heavy atom. The van der Waals surface area contributed by atoms with Crippen molar-refractivity contribution in [2.24, 2.45) is 11.7 Å². The fourth-order valence-electron chi connectivity index (χ4n) is 1.28. The zero-order valence-electron chi connectivity index (χ0n) is 12.4. The molecule has 0 rings (SSSR count). The van der Waals surface area contributed by atoms with E-state index in [1.165, 1.54) is 0 Å². The van der Waals surface area contributed by atoms with Gasteiger partial charge in [0.15, 0.2) is 0 Å². The van der Waals surface area contributed by atoms with Crippen molar-refractivity contribution >= 4 is 11.8 Å². The van der Waals surface area contributed by atoms with Crippen LogP contribution in [0.5, 0.6) is 0 Å². The Kier molecular flexibility index (Phi) is 6.32. The van der Waals surface area contributed by atoms with Gasteiger partial charge in [0, 0.05) is 12.6 Å². The predicted octanol–water partition coefficient (Wildman–Crippen LogP) is 0.733. The fourth-order valence-corrected chi connectivity index (χ4v) is 1.28. The van der Waals surface area contributed by atoms with Crippen LogP contribution >= 0.6 is 0 Å². The monoisotopic (exact) mass is 257 g/mol. The second kappa shape index (κ2) is 6.73. The van der Waals surface area contributed by atoms with Crippen LogP contribution in [0.2, 0.25) is 0 Å². The summed E-state index contributed by atoms with van der Waals surface area (Å²) in [4.78, 5) is 25.2. The summed E-state index contributed by atoms with van der Waals surface area (Å²) < 4.78 is 0. The lowest BCUT2D eigenvalue weighted by molar-refractivity contribution is -0.136. The van der Waals surface area contributed by atoms with E-state index in [4.69, 9.17) is 5.73 Å². The summed E-state index contributed by atoms with van der Waals surface area (Å²) in [6.45, 7) is 9.76. The first kappa shape index (κ1) is 16.9. The van der Waals surface area contributed by atoms with Crippen LogP contribution in [0.4, 0.5) is 0 Å². The number of amides is 2. The third kappa shape index (κ3) is 4.64. The van der Waals surface area contributed by atoms with E-state index < -0.39 is 6.04 Å². The average molecular weight is 257 g/mol. The van der Waals surface area contributed by atoms with E-state index in [-0.39, 0.29) is 29.8 Å². The van der Waals surface area contributed by atoms with Crippen LogP contribution in [0.25, 0.3) is 0 Å². The number of carbonyl (C=O) groups is 2. The SMILES string of the molecule is CCC(C)(C)N(C)C(=O)CNC(=O)[C@@H](N)C(C)C. The highest BCUT2D eigenvalue weighted by Gasteiger charge is 2.26. The molecule has 0 heterocycles. The maximum Gasteiger partial charge on any atom is 0.242 e. The van der Waals surface area contributed by atoms with Gasteiger partial charge in [-0.3, -0.25) is 9.59 Å². The topological polar surface area (TPSA) is 75.4 Å². The predicted molar refractivity (Wildman–Crippen MR) is 73.0 cm³/mol. The molecule has 3 N–H and O–H groups in total. The molecule has 0 fully saturated rings. The third-order valence-corrected chi connectivity index (χ3v) is 3.58. The minimum absolute atomic E-state index is 0.000810. The smallest absolute Gasteiger partial charge is 0.242 e. The number of nitrogens with zero attached hydrogens (tertiary/aromatic N) is 1. The summed E-state index contributed by atoms with van der Waals surface area (Å²) in [7, 11) is 1.75. The number of hydrogen-bond acceptors (Lipinski definition) is 3. The molecule has 0 aromatic heterocycles. The van der Waals surface area contributed by atoms with E-state index in [1.54, 1.807) is 11.9 Å². The van der Waals surface area contributed by atoms with Gasteiger partial charge < -0.3 is 16.0 Å². The van der Waals surface area contributed by atoms with Gasteiger partial charge in [0.2, 0.25) is 11.8 Å². The highest BCUT2D eigenvalue weighted by Crippen LogP contribution is 2.15. The van der Waals surface area contributed by atoms with Crippen LogP contribution in [0, 0.1) is 5.92 Å². The fraction of sp³-hybridized carbons (Fsp3) is 0.846. The van der Waals surface area contributed by atoms with Gasteiger partial charge in [-0.05, 0) is 26.2 Å². The summed E-state index contributed by atoms with van der Waals surface area (Å²) in [5.74, 6) is -0.322. The lowest BCUT2D eigenvalue weighted by atomic mass is 10.00. The van der Waals surface area contributed by atoms with Gasteiger partial charge in [0.05, 0.1) is 12.6 Å². The normalized spacial score (nSPS) is 13.3. The van der Waals surface area contributed by atoms with Crippen molar-refractivity contribution in [1.82, 2.24) is 10.2 Å². The molecule has 5 heteroatoms. The Morgan fingerprint density at radius 1 is 1.33 bits per heavy atom. The van der Waals surface area contributed by atoms with Crippen LogP contribution < -0.4 is 11.1 Å². The molecule has 0 aliphatic heterocycles. The summed E-state index contributed by atoms with van der Waals surface area (Å²) in [5, 5.41) is 2.59. The van der Waals surface area contributed by atoms with E-state index in [2.05, 4.69) is 5.32 Å². The number of carbonyl (C=O) groups excluding carboxylic acids is 2. The zero-order chi connectivity index (χ0) is 14.5. The molecule has 0 bridgehead atoms. The van der Waals surface area contributed by atoms with E-state index in [1.807, 2.05) is 34.6 Å². The molecule has 0 aliphatic rings. The molecule has 0 radical (unpaired) electrons. The Labute approximate surface area is 110 Å². The van der Waals surface area contributed by atoms with Gasteiger partial charge in [-0.1, -0.05) is 20.8 Å². The van der Waals surface area contributed by atoms with Gasteiger partial charge in [-0.15, -0.1) is 0 Å². The van der Waals surface area contributed by atoms with Crippen molar-refractivity contribution in [3.63, 3.8) is 0 Å². The van der Waals surface area contributed by atoms with E-state index in [0.29, 0.717) is 0 Å². The first-order chi connectivity index (χ1) is 8.13. The maximum atomic E-state index is 11.9. The van der Waals surface area contributed by atoms with Gasteiger partial charge in [0.1, 0.15) is 0 Å². The Balaban J connectivity index is 4.31. The number of nitrogens with two attached hydrogens (primary N) is 1. The van der Waals surface area contributed by atoms with Crippen LogP contribution in [0.1, 0.15) is 41.0 Å². The standard InChI is InChI=1S/C13H27N3O2/c1-7-13(4,5)16(6)10(17)8-15-12(18)11(14)9(2)3/h9,11H,7-8,14H2,1-6H3,(H,15,18)/t11-/m0/s1. The molecule has 5 nitrogen and oxygen atoms in total. The first-order valence-electron chi connectivity index (χ1n) is 6.43. The van der Waals surface area contributed by atoms with E-state index in [0.717, 1.165) is 6.42 Å². The van der Waals surface area contributed by atoms with Crippen molar-refractivity contribution in [2.45, 2.75) is 52.6 Å². The summed E-state index contributed by atoms with van der Waals surface area (Å²) >= 11 is 0. The molecule has 0 aliphatic carbocycles. The molecule has 106 valence electrons. The lowest BCUT2D eigenvalue weighted by Gasteiger charge is -2.35. The van der Waals surface area contributed by atoms with E-state index in [9.17, 15) is 9.59 Å². The molecule has 1 atom stereocenters. The molecule has 0 saturated heterocycles. The van der Waals surface area contributed by atoms with Crippen LogP contribution in [-0.4, -0.2) is 41.9 Å². The first-order valence-corrected chi connectivity index (χ1v) is 6.43. The summed E-state index contributed by atoms with van der Waals surface area (Å²) in [6, 6.07) is -0.567. The summed E-state index contributed by atoms with van der Waals surface area (Å²) in [5.41, 5.74) is 5.49. The Hall–Kier alpha value is -1.10. The quantitative estimate of drug-likeness (QED) is 0.736. The van der Waals surface area contributed by atoms with Crippen LogP contribution in [0.15, 0.2) is 0 Å². The molecule has 0 unspecified atom stereocenters. The highest BCUT2D eigenvalue weighted by atomic mass is 16.2. The molecule has 0 saturated carbocycles. The second-order valence-corrected chi connectivity index (χ2v) is 5.61. The number of likely N-dealkylation sites (N-methyl/N-ethyl adjacent to an activating group) is 1.